The minimum absolute atomic E-state index is 0.237. The molecule has 0 bridgehead atoms. The number of ether oxygens (including phenoxy) is 2. The van der Waals surface area contributed by atoms with Gasteiger partial charge in [-0.25, -0.2) is 4.98 Å². The van der Waals surface area contributed by atoms with E-state index in [1.54, 1.807) is 19.5 Å². The highest BCUT2D eigenvalue weighted by molar-refractivity contribution is 5.65. The van der Waals surface area contributed by atoms with Crippen molar-refractivity contribution in [1.82, 2.24) is 15.1 Å². The number of nitrogens with one attached hydrogen (secondary N) is 1. The number of aromatic nitrogens is 3. The van der Waals surface area contributed by atoms with E-state index in [0.29, 0.717) is 29.8 Å². The fourth-order valence-corrected chi connectivity index (χ4v) is 2.33. The molecule has 1 fully saturated rings. The maximum Gasteiger partial charge on any atom is 0.229 e. The highest BCUT2D eigenvalue weighted by Gasteiger charge is 2.18. The molecule has 1 saturated heterocycles. The molecule has 112 valence electrons. The van der Waals surface area contributed by atoms with Gasteiger partial charge in [0.1, 0.15) is 5.56 Å². The number of nitrogens with zero attached hydrogens (tertiary/aromatic N) is 3. The van der Waals surface area contributed by atoms with E-state index in [2.05, 4.69) is 20.4 Å². The summed E-state index contributed by atoms with van der Waals surface area (Å²) in [6.07, 6.45) is 5.43. The van der Waals surface area contributed by atoms with Crippen LogP contribution in [0.5, 0.6) is 5.88 Å². The second kappa shape index (κ2) is 6.09. The number of anilines is 1. The molecule has 2 aromatic heterocycles. The maximum absolute atomic E-state index is 5.44. The lowest BCUT2D eigenvalue weighted by Gasteiger charge is -2.23. The molecule has 0 amide bonds. The second-order valence-corrected chi connectivity index (χ2v) is 5.01. The van der Waals surface area contributed by atoms with Crippen LogP contribution in [-0.2, 0) is 4.74 Å². The van der Waals surface area contributed by atoms with Crippen LogP contribution in [0.25, 0.3) is 11.3 Å². The molecular weight excluding hydrogens is 272 g/mol. The fraction of sp³-hybridized carbons (Fsp3) is 0.500. The predicted octanol–water partition coefficient (Wildman–Crippen LogP) is 2.04. The summed E-state index contributed by atoms with van der Waals surface area (Å²) in [5.74, 6) is 1.62. The summed E-state index contributed by atoms with van der Waals surface area (Å²) < 4.78 is 16.0. The van der Waals surface area contributed by atoms with Crippen molar-refractivity contribution in [3.63, 3.8) is 0 Å². The van der Waals surface area contributed by atoms with Crippen molar-refractivity contribution in [3.8, 4) is 17.2 Å². The van der Waals surface area contributed by atoms with Crippen LogP contribution in [0.2, 0.25) is 0 Å². The van der Waals surface area contributed by atoms with Gasteiger partial charge in [0.05, 0.1) is 26.0 Å². The van der Waals surface area contributed by atoms with E-state index in [1.165, 1.54) is 0 Å². The third-order valence-corrected chi connectivity index (χ3v) is 3.43. The highest BCUT2D eigenvalue weighted by atomic mass is 16.5. The van der Waals surface area contributed by atoms with E-state index in [1.807, 2.05) is 6.92 Å². The Hall–Kier alpha value is -2.15. The molecule has 0 aromatic carbocycles. The Kier molecular flexibility index (Phi) is 4.01. The van der Waals surface area contributed by atoms with Crippen LogP contribution in [-0.4, -0.2) is 41.5 Å². The van der Waals surface area contributed by atoms with Gasteiger partial charge >= 0.3 is 0 Å². The van der Waals surface area contributed by atoms with Gasteiger partial charge in [-0.3, -0.25) is 0 Å². The first-order chi connectivity index (χ1) is 10.3. The van der Waals surface area contributed by atoms with Crippen LogP contribution >= 0.6 is 0 Å². The first-order valence-corrected chi connectivity index (χ1v) is 6.95. The molecule has 0 spiro atoms. The van der Waals surface area contributed by atoms with E-state index in [-0.39, 0.29) is 6.04 Å². The zero-order valence-electron chi connectivity index (χ0n) is 12.1. The minimum atomic E-state index is 0.237. The van der Waals surface area contributed by atoms with Gasteiger partial charge in [-0.2, -0.15) is 4.98 Å². The summed E-state index contributed by atoms with van der Waals surface area (Å²) in [5.41, 5.74) is 1.61. The first-order valence-electron chi connectivity index (χ1n) is 6.95. The molecular formula is C14H18N4O3. The average Bonchev–Trinajstić information content (AvgIpc) is 2.94. The lowest BCUT2D eigenvalue weighted by Crippen LogP contribution is -2.30. The average molecular weight is 290 g/mol. The number of hydrogen-bond acceptors (Lipinski definition) is 7. The first kappa shape index (κ1) is 13.8. The second-order valence-electron chi connectivity index (χ2n) is 5.01. The molecule has 0 saturated carbocycles. The van der Waals surface area contributed by atoms with Crippen LogP contribution in [0.3, 0.4) is 0 Å². The fourth-order valence-electron chi connectivity index (χ4n) is 2.33. The van der Waals surface area contributed by atoms with Crippen LogP contribution in [0.4, 0.5) is 5.95 Å². The molecule has 7 nitrogen and oxygen atoms in total. The molecule has 1 N–H and O–H groups in total. The standard InChI is InChI=1S/C14H18N4O3/c1-9-6-16-21-12(9)11-7-15-14(18-13(11)19-2)17-10-4-3-5-20-8-10/h6-7,10H,3-5,8H2,1-2H3,(H,15,17,18). The molecule has 3 heterocycles. The van der Waals surface area contributed by atoms with Crippen LogP contribution < -0.4 is 10.1 Å². The van der Waals surface area contributed by atoms with Gasteiger partial charge in [0.2, 0.25) is 11.8 Å². The Morgan fingerprint density at radius 1 is 1.38 bits per heavy atom. The van der Waals surface area contributed by atoms with Crippen molar-refractivity contribution in [3.05, 3.63) is 18.0 Å². The molecule has 1 aliphatic rings. The Bertz CT molecular complexity index is 608. The van der Waals surface area contributed by atoms with Gasteiger partial charge < -0.3 is 19.3 Å². The lowest BCUT2D eigenvalue weighted by molar-refractivity contribution is 0.0874. The number of rotatable bonds is 4. The van der Waals surface area contributed by atoms with Gasteiger partial charge in [-0.05, 0) is 19.8 Å². The zero-order valence-corrected chi connectivity index (χ0v) is 12.1. The van der Waals surface area contributed by atoms with Crippen molar-refractivity contribution in [2.75, 3.05) is 25.6 Å². The molecule has 1 unspecified atom stereocenters. The van der Waals surface area contributed by atoms with E-state index in [9.17, 15) is 0 Å². The third-order valence-electron chi connectivity index (χ3n) is 3.43. The molecule has 1 aliphatic heterocycles. The zero-order chi connectivity index (χ0) is 14.7. The quantitative estimate of drug-likeness (QED) is 0.922. The Morgan fingerprint density at radius 3 is 2.95 bits per heavy atom. The summed E-state index contributed by atoms with van der Waals surface area (Å²) in [5, 5.41) is 7.04. The third kappa shape index (κ3) is 2.97. The molecule has 1 atom stereocenters. The summed E-state index contributed by atoms with van der Waals surface area (Å²) in [6.45, 7) is 3.41. The van der Waals surface area contributed by atoms with Gasteiger partial charge in [0.15, 0.2) is 5.76 Å². The molecule has 7 heteroatoms. The van der Waals surface area contributed by atoms with Crippen molar-refractivity contribution in [2.45, 2.75) is 25.8 Å². The topological polar surface area (TPSA) is 82.3 Å². The molecule has 21 heavy (non-hydrogen) atoms. The van der Waals surface area contributed by atoms with Crippen molar-refractivity contribution < 1.29 is 14.0 Å². The van der Waals surface area contributed by atoms with Crippen LogP contribution in [0.1, 0.15) is 18.4 Å². The van der Waals surface area contributed by atoms with Crippen molar-refractivity contribution in [1.29, 1.82) is 0 Å². The molecule has 2 aromatic rings. The smallest absolute Gasteiger partial charge is 0.229 e. The van der Waals surface area contributed by atoms with Crippen molar-refractivity contribution >= 4 is 5.95 Å². The summed E-state index contributed by atoms with van der Waals surface area (Å²) in [7, 11) is 1.57. The van der Waals surface area contributed by atoms with Gasteiger partial charge in [-0.15, -0.1) is 0 Å². The number of aryl methyl sites for hydroxylation is 1. The number of methoxy groups -OCH3 is 1. The Morgan fingerprint density at radius 2 is 2.29 bits per heavy atom. The van der Waals surface area contributed by atoms with Crippen molar-refractivity contribution in [2.24, 2.45) is 0 Å². The normalized spacial score (nSPS) is 18.5. The summed E-state index contributed by atoms with van der Waals surface area (Å²) in [6, 6.07) is 0.237. The molecule has 0 aliphatic carbocycles. The van der Waals surface area contributed by atoms with Gasteiger partial charge in [0.25, 0.3) is 0 Å². The monoisotopic (exact) mass is 290 g/mol. The largest absolute Gasteiger partial charge is 0.480 e. The molecule has 3 rings (SSSR count). The van der Waals surface area contributed by atoms with Gasteiger partial charge in [-0.1, -0.05) is 5.16 Å². The number of hydrogen-bond donors (Lipinski definition) is 1. The lowest BCUT2D eigenvalue weighted by atomic mass is 10.1. The van der Waals surface area contributed by atoms with Crippen LogP contribution in [0, 0.1) is 6.92 Å². The summed E-state index contributed by atoms with van der Waals surface area (Å²) >= 11 is 0. The highest BCUT2D eigenvalue weighted by Crippen LogP contribution is 2.30. The predicted molar refractivity (Wildman–Crippen MR) is 76.3 cm³/mol. The Balaban J connectivity index is 1.83. The van der Waals surface area contributed by atoms with E-state index in [0.717, 1.165) is 25.0 Å². The Labute approximate surface area is 122 Å². The SMILES string of the molecule is COc1nc(NC2CCCOC2)ncc1-c1oncc1C. The minimum Gasteiger partial charge on any atom is -0.480 e. The summed E-state index contributed by atoms with van der Waals surface area (Å²) in [4.78, 5) is 8.73. The van der Waals surface area contributed by atoms with Crippen LogP contribution in [0.15, 0.2) is 16.9 Å². The van der Waals surface area contributed by atoms with Gasteiger partial charge in [0, 0.05) is 18.4 Å². The van der Waals surface area contributed by atoms with E-state index < -0.39 is 0 Å². The van der Waals surface area contributed by atoms with E-state index >= 15 is 0 Å². The maximum atomic E-state index is 5.44. The molecule has 0 radical (unpaired) electrons. The van der Waals surface area contributed by atoms with E-state index in [4.69, 9.17) is 14.0 Å².